The number of nitrogens with one attached hydrogen (secondary N) is 1. The molecule has 0 bridgehead atoms. The zero-order chi connectivity index (χ0) is 24.1. The molecule has 3 aromatic rings. The lowest BCUT2D eigenvalue weighted by molar-refractivity contribution is 0.0600. The smallest absolute Gasteiger partial charge is 0.362 e. The maximum absolute atomic E-state index is 11.3. The predicted octanol–water partition coefficient (Wildman–Crippen LogP) is 3.24. The molecule has 0 atom stereocenters. The van der Waals surface area contributed by atoms with Gasteiger partial charge in [-0.3, -0.25) is 5.32 Å². The SMILES string of the molecule is COC(=O)c1ccccc1.COc1cc(CSc2ccccn2)nc(NC(=O)N=S(=O)=O)n1. The Kier molecular flexibility index (Phi) is 10.4. The van der Waals surface area contributed by atoms with Crippen molar-refractivity contribution in [2.75, 3.05) is 19.5 Å². The number of carbonyl (C=O) groups is 2. The average Bonchev–Trinajstić information content (AvgIpc) is 2.83. The monoisotopic (exact) mass is 489 g/mol. The predicted molar refractivity (Wildman–Crippen MR) is 121 cm³/mol. The van der Waals surface area contributed by atoms with Crippen molar-refractivity contribution in [1.82, 2.24) is 15.0 Å². The molecule has 0 saturated heterocycles. The van der Waals surface area contributed by atoms with E-state index < -0.39 is 16.5 Å². The highest BCUT2D eigenvalue weighted by Crippen LogP contribution is 2.22. The number of urea groups is 1. The van der Waals surface area contributed by atoms with E-state index in [2.05, 4.69) is 29.4 Å². The third kappa shape index (κ3) is 9.45. The first-order chi connectivity index (χ1) is 15.9. The molecule has 0 spiro atoms. The molecule has 172 valence electrons. The Morgan fingerprint density at radius 1 is 1.06 bits per heavy atom. The molecule has 1 N–H and O–H groups in total. The molecule has 0 aliphatic carbocycles. The van der Waals surface area contributed by atoms with Gasteiger partial charge in [-0.15, -0.1) is 11.8 Å². The van der Waals surface area contributed by atoms with Crippen LogP contribution in [0.3, 0.4) is 0 Å². The van der Waals surface area contributed by atoms with Crippen LogP contribution in [-0.2, 0) is 21.0 Å². The van der Waals surface area contributed by atoms with Crippen LogP contribution >= 0.6 is 11.8 Å². The number of nitrogens with zero attached hydrogens (tertiary/aromatic N) is 4. The summed E-state index contributed by atoms with van der Waals surface area (Å²) in [6.07, 6.45) is 1.68. The zero-order valence-corrected chi connectivity index (χ0v) is 19.2. The lowest BCUT2D eigenvalue weighted by atomic mass is 10.2. The molecular formula is C20H19N5O6S2. The fourth-order valence-electron chi connectivity index (χ4n) is 2.17. The number of benzene rings is 1. The molecule has 0 saturated carbocycles. The number of amides is 2. The van der Waals surface area contributed by atoms with Crippen molar-refractivity contribution < 1.29 is 27.5 Å². The molecule has 1 aromatic carbocycles. The molecule has 11 nitrogen and oxygen atoms in total. The summed E-state index contributed by atoms with van der Waals surface area (Å²) in [5.41, 5.74) is 1.16. The van der Waals surface area contributed by atoms with E-state index in [1.165, 1.54) is 26.0 Å². The summed E-state index contributed by atoms with van der Waals surface area (Å²) >= 11 is 1.44. The molecule has 0 radical (unpaired) electrons. The largest absolute Gasteiger partial charge is 0.481 e. The Hall–Kier alpha value is -3.84. The minimum Gasteiger partial charge on any atom is -0.481 e. The van der Waals surface area contributed by atoms with Crippen LogP contribution in [0.25, 0.3) is 0 Å². The number of methoxy groups -OCH3 is 2. The standard InChI is InChI=1S/C12H11N5O4S2.C8H8O2/c1-21-9-6-8(7-22-10-4-2-3-5-13-10)14-11(15-9)16-12(18)17-23(19)20;1-10-8(9)7-5-3-2-4-6-7/h2-6H,7H2,1H3,(H,14,15,16,18);2-6H,1H3. The summed E-state index contributed by atoms with van der Waals surface area (Å²) in [7, 11) is -0.0586. The lowest BCUT2D eigenvalue weighted by Gasteiger charge is -2.06. The molecule has 2 amide bonds. The van der Waals surface area contributed by atoms with Crippen LogP contribution < -0.4 is 10.1 Å². The normalized spacial score (nSPS) is 9.64. The van der Waals surface area contributed by atoms with Gasteiger partial charge in [-0.25, -0.2) is 19.6 Å². The number of carbonyl (C=O) groups excluding carboxylic acids is 2. The van der Waals surface area contributed by atoms with Crippen LogP contribution in [0.15, 0.2) is 70.2 Å². The number of hydrogen-bond acceptors (Lipinski definition) is 10. The van der Waals surface area contributed by atoms with E-state index in [4.69, 9.17) is 4.74 Å². The Morgan fingerprint density at radius 3 is 2.39 bits per heavy atom. The summed E-state index contributed by atoms with van der Waals surface area (Å²) in [5.74, 6) is 0.305. The first kappa shape index (κ1) is 25.4. The van der Waals surface area contributed by atoms with Crippen LogP contribution in [0.4, 0.5) is 10.7 Å². The molecule has 2 heterocycles. The van der Waals surface area contributed by atoms with E-state index >= 15 is 0 Å². The van der Waals surface area contributed by atoms with Gasteiger partial charge in [-0.1, -0.05) is 28.6 Å². The Bertz CT molecular complexity index is 1200. The van der Waals surface area contributed by atoms with Gasteiger partial charge in [0.25, 0.3) is 0 Å². The van der Waals surface area contributed by atoms with Crippen molar-refractivity contribution in [3.63, 3.8) is 0 Å². The van der Waals surface area contributed by atoms with E-state index in [0.29, 0.717) is 17.0 Å². The first-order valence-electron chi connectivity index (χ1n) is 9.12. The van der Waals surface area contributed by atoms with Crippen LogP contribution in [0, 0.1) is 0 Å². The van der Waals surface area contributed by atoms with E-state index in [-0.39, 0.29) is 17.8 Å². The van der Waals surface area contributed by atoms with E-state index in [1.807, 2.05) is 24.3 Å². The lowest BCUT2D eigenvalue weighted by Crippen LogP contribution is -2.10. The number of thioether (sulfide) groups is 1. The molecule has 0 aliphatic rings. The second-order valence-electron chi connectivity index (χ2n) is 5.78. The molecule has 13 heteroatoms. The van der Waals surface area contributed by atoms with Gasteiger partial charge in [0.05, 0.1) is 30.5 Å². The van der Waals surface area contributed by atoms with E-state index in [0.717, 1.165) is 5.03 Å². The summed E-state index contributed by atoms with van der Waals surface area (Å²) in [6, 6.07) is 14.9. The molecule has 2 aromatic heterocycles. The highest BCUT2D eigenvalue weighted by atomic mass is 32.2. The average molecular weight is 490 g/mol. The quantitative estimate of drug-likeness (QED) is 0.404. The van der Waals surface area contributed by atoms with Gasteiger partial charge in [0.2, 0.25) is 11.8 Å². The van der Waals surface area contributed by atoms with Crippen molar-refractivity contribution in [2.24, 2.45) is 4.36 Å². The van der Waals surface area contributed by atoms with Gasteiger partial charge in [-0.2, -0.15) is 13.4 Å². The topological polar surface area (TPSA) is 150 Å². The van der Waals surface area contributed by atoms with Crippen molar-refractivity contribution in [1.29, 1.82) is 0 Å². The van der Waals surface area contributed by atoms with Crippen LogP contribution in [0.1, 0.15) is 16.1 Å². The fourth-order valence-corrected chi connectivity index (χ4v) is 3.10. The van der Waals surface area contributed by atoms with Gasteiger partial charge < -0.3 is 9.47 Å². The fraction of sp³-hybridized carbons (Fsp3) is 0.150. The molecule has 0 aliphatic heterocycles. The van der Waals surface area contributed by atoms with Gasteiger partial charge in [0, 0.05) is 18.0 Å². The first-order valence-corrected chi connectivity index (χ1v) is 11.1. The van der Waals surface area contributed by atoms with Gasteiger partial charge in [-0.05, 0) is 24.3 Å². The van der Waals surface area contributed by atoms with Crippen molar-refractivity contribution in [3.05, 3.63) is 72.1 Å². The molecule has 3 rings (SSSR count). The molecule has 0 unspecified atom stereocenters. The third-order valence-electron chi connectivity index (χ3n) is 3.54. The number of pyridine rings is 1. The summed E-state index contributed by atoms with van der Waals surface area (Å²) < 4.78 is 33.0. The van der Waals surface area contributed by atoms with Crippen molar-refractivity contribution >= 4 is 40.2 Å². The van der Waals surface area contributed by atoms with E-state index in [1.54, 1.807) is 36.5 Å². The van der Waals surface area contributed by atoms with Crippen molar-refractivity contribution in [3.8, 4) is 5.88 Å². The summed E-state index contributed by atoms with van der Waals surface area (Å²) in [5, 5.41) is 2.97. The highest BCUT2D eigenvalue weighted by Gasteiger charge is 2.09. The molecule has 33 heavy (non-hydrogen) atoms. The van der Waals surface area contributed by atoms with Crippen LogP contribution in [0.5, 0.6) is 5.88 Å². The molecule has 0 fully saturated rings. The summed E-state index contributed by atoms with van der Waals surface area (Å²) in [4.78, 5) is 34.3. The second kappa shape index (κ2) is 13.5. The molecular weight excluding hydrogens is 470 g/mol. The van der Waals surface area contributed by atoms with Crippen LogP contribution in [0.2, 0.25) is 0 Å². The minimum atomic E-state index is -2.85. The highest BCUT2D eigenvalue weighted by molar-refractivity contribution is 7.98. The zero-order valence-electron chi connectivity index (χ0n) is 17.5. The Morgan fingerprint density at radius 2 is 1.79 bits per heavy atom. The minimum absolute atomic E-state index is 0.0971. The number of rotatable bonds is 6. The number of anilines is 1. The number of esters is 1. The summed E-state index contributed by atoms with van der Waals surface area (Å²) in [6.45, 7) is 0. The van der Waals surface area contributed by atoms with Crippen LogP contribution in [-0.4, -0.2) is 49.6 Å². The Balaban J connectivity index is 0.000000321. The van der Waals surface area contributed by atoms with Gasteiger partial charge in [0.1, 0.15) is 0 Å². The number of aromatic nitrogens is 3. The van der Waals surface area contributed by atoms with Crippen molar-refractivity contribution in [2.45, 2.75) is 10.8 Å². The maximum atomic E-state index is 11.3. The number of hydrogen-bond donors (Lipinski definition) is 1. The number of ether oxygens (including phenoxy) is 2. The Labute approximate surface area is 195 Å². The van der Waals surface area contributed by atoms with Gasteiger partial charge >= 0.3 is 22.5 Å². The van der Waals surface area contributed by atoms with Gasteiger partial charge in [0.15, 0.2) is 0 Å². The second-order valence-corrected chi connectivity index (χ2v) is 7.39. The third-order valence-corrected chi connectivity index (χ3v) is 4.83. The maximum Gasteiger partial charge on any atom is 0.362 e. The van der Waals surface area contributed by atoms with E-state index in [9.17, 15) is 18.0 Å².